The van der Waals surface area contributed by atoms with Crippen molar-refractivity contribution in [3.05, 3.63) is 48.0 Å². The summed E-state index contributed by atoms with van der Waals surface area (Å²) in [7, 11) is 2.78. The Morgan fingerprint density at radius 1 is 1.20 bits per heavy atom. The third-order valence-corrected chi connectivity index (χ3v) is 2.67. The molecular formula is C13H15OSi. The van der Waals surface area contributed by atoms with Gasteiger partial charge in [0.25, 0.3) is 0 Å². The Balaban J connectivity index is 0.000000195. The van der Waals surface area contributed by atoms with Gasteiger partial charge < -0.3 is 4.43 Å². The van der Waals surface area contributed by atoms with Gasteiger partial charge in [0.1, 0.15) is 0 Å². The molecule has 0 fully saturated rings. The number of hydrogen-bond donors (Lipinski definition) is 0. The molecule has 0 saturated heterocycles. The first-order valence-electron chi connectivity index (χ1n) is 4.89. The minimum Gasteiger partial charge on any atom is -0.415 e. The van der Waals surface area contributed by atoms with E-state index in [1.54, 1.807) is 6.08 Å². The van der Waals surface area contributed by atoms with Gasteiger partial charge >= 0.3 is 0 Å². The van der Waals surface area contributed by atoms with Crippen LogP contribution in [0, 0.1) is 0 Å². The molecule has 15 heavy (non-hydrogen) atoms. The van der Waals surface area contributed by atoms with Crippen LogP contribution in [0.25, 0.3) is 11.1 Å². The van der Waals surface area contributed by atoms with Crippen molar-refractivity contribution in [2.24, 2.45) is 0 Å². The van der Waals surface area contributed by atoms with Gasteiger partial charge in [0.15, 0.2) is 0 Å². The standard InChI is InChI=1S/C10H10.C3H5OSi/c1-7-8(2)10-6-4-3-5-9(7)10;1-2-3-4-5/h3-6H,1-2H3;2H,1,3H2. The van der Waals surface area contributed by atoms with E-state index in [1.165, 1.54) is 22.3 Å². The van der Waals surface area contributed by atoms with Crippen molar-refractivity contribution < 1.29 is 4.43 Å². The molecule has 0 spiro atoms. The monoisotopic (exact) mass is 215 g/mol. The molecule has 0 amide bonds. The lowest BCUT2D eigenvalue weighted by Gasteiger charge is -2.22. The molecule has 3 radical (unpaired) electrons. The van der Waals surface area contributed by atoms with Crippen LogP contribution in [-0.2, 0) is 4.43 Å². The molecule has 77 valence electrons. The number of rotatable bonds is 2. The van der Waals surface area contributed by atoms with Gasteiger partial charge in [-0.15, -0.1) is 6.58 Å². The first-order chi connectivity index (χ1) is 7.22. The molecule has 0 aromatic heterocycles. The van der Waals surface area contributed by atoms with E-state index in [4.69, 9.17) is 0 Å². The summed E-state index contributed by atoms with van der Waals surface area (Å²) in [5, 5.41) is 0. The Bertz CT molecular complexity index is 349. The van der Waals surface area contributed by atoms with Gasteiger partial charge in [-0.25, -0.2) is 0 Å². The Morgan fingerprint density at radius 3 is 1.93 bits per heavy atom. The Hall–Kier alpha value is -1.12. The molecule has 0 unspecified atom stereocenters. The summed E-state index contributed by atoms with van der Waals surface area (Å²) < 4.78 is 4.38. The lowest BCUT2D eigenvalue weighted by atomic mass is 9.83. The normalized spacial score (nSPS) is 12.2. The van der Waals surface area contributed by atoms with E-state index in [9.17, 15) is 0 Å². The van der Waals surface area contributed by atoms with E-state index in [-0.39, 0.29) is 0 Å². The van der Waals surface area contributed by atoms with Crippen molar-refractivity contribution in [1.29, 1.82) is 0 Å². The molecule has 1 nitrogen and oxygen atoms in total. The van der Waals surface area contributed by atoms with Crippen LogP contribution in [0.1, 0.15) is 25.0 Å². The molecule has 0 saturated carbocycles. The summed E-state index contributed by atoms with van der Waals surface area (Å²) in [6.07, 6.45) is 1.66. The third kappa shape index (κ3) is 2.67. The second-order valence-electron chi connectivity index (χ2n) is 3.40. The van der Waals surface area contributed by atoms with E-state index in [0.717, 1.165) is 0 Å². The van der Waals surface area contributed by atoms with Gasteiger partial charge in [0.2, 0.25) is 10.5 Å². The first kappa shape index (κ1) is 11.9. The highest BCUT2D eigenvalue weighted by Crippen LogP contribution is 2.38. The maximum absolute atomic E-state index is 4.38. The van der Waals surface area contributed by atoms with Gasteiger partial charge in [-0.05, 0) is 36.1 Å². The van der Waals surface area contributed by atoms with E-state index in [1.807, 2.05) is 0 Å². The number of fused-ring (bicyclic) bond motifs is 1. The van der Waals surface area contributed by atoms with E-state index in [2.05, 4.69) is 59.6 Å². The number of hydrogen-bond acceptors (Lipinski definition) is 1. The average molecular weight is 215 g/mol. The van der Waals surface area contributed by atoms with Crippen molar-refractivity contribution in [3.8, 4) is 0 Å². The minimum atomic E-state index is 0.566. The van der Waals surface area contributed by atoms with Crippen molar-refractivity contribution in [1.82, 2.24) is 0 Å². The third-order valence-electron chi connectivity index (χ3n) is 2.50. The summed E-state index contributed by atoms with van der Waals surface area (Å²) >= 11 is 0. The lowest BCUT2D eigenvalue weighted by Crippen LogP contribution is -2.00. The quantitative estimate of drug-likeness (QED) is 0.543. The molecule has 0 atom stereocenters. The molecule has 0 heterocycles. The van der Waals surface area contributed by atoms with Crippen molar-refractivity contribution in [3.63, 3.8) is 0 Å². The maximum atomic E-state index is 4.38. The van der Waals surface area contributed by atoms with Crippen LogP contribution in [0.2, 0.25) is 0 Å². The second-order valence-corrected chi connectivity index (χ2v) is 3.68. The van der Waals surface area contributed by atoms with Crippen molar-refractivity contribution in [2.75, 3.05) is 6.61 Å². The minimum absolute atomic E-state index is 0.566. The van der Waals surface area contributed by atoms with Crippen molar-refractivity contribution in [2.45, 2.75) is 13.8 Å². The Labute approximate surface area is 95.0 Å². The molecule has 0 N–H and O–H groups in total. The summed E-state index contributed by atoms with van der Waals surface area (Å²) in [5.74, 6) is 0. The largest absolute Gasteiger partial charge is 0.415 e. The maximum Gasteiger partial charge on any atom is 0.246 e. The first-order valence-corrected chi connectivity index (χ1v) is 5.29. The molecular weight excluding hydrogens is 200 g/mol. The fourth-order valence-electron chi connectivity index (χ4n) is 1.54. The highest BCUT2D eigenvalue weighted by atomic mass is 28.2. The van der Waals surface area contributed by atoms with Crippen LogP contribution in [0.4, 0.5) is 0 Å². The molecule has 2 heteroatoms. The van der Waals surface area contributed by atoms with Crippen LogP contribution in [0.15, 0.2) is 36.9 Å². The van der Waals surface area contributed by atoms with E-state index >= 15 is 0 Å². The molecule has 1 aliphatic carbocycles. The molecule has 2 rings (SSSR count). The van der Waals surface area contributed by atoms with E-state index < -0.39 is 0 Å². The van der Waals surface area contributed by atoms with Crippen LogP contribution < -0.4 is 0 Å². The summed E-state index contributed by atoms with van der Waals surface area (Å²) in [6, 6.07) is 8.54. The highest BCUT2D eigenvalue weighted by molar-refractivity contribution is 6.02. The number of benzene rings is 1. The summed E-state index contributed by atoms with van der Waals surface area (Å²) in [5.41, 5.74) is 5.77. The van der Waals surface area contributed by atoms with Gasteiger partial charge in [-0.2, -0.15) is 0 Å². The Kier molecular flexibility index (Phi) is 4.53. The molecule has 0 aliphatic heterocycles. The lowest BCUT2D eigenvalue weighted by molar-refractivity contribution is 0.402. The smallest absolute Gasteiger partial charge is 0.246 e. The van der Waals surface area contributed by atoms with Gasteiger partial charge in [-0.1, -0.05) is 30.3 Å². The predicted molar refractivity (Wildman–Crippen MR) is 66.5 cm³/mol. The van der Waals surface area contributed by atoms with Gasteiger partial charge in [0.05, 0.1) is 6.61 Å². The Morgan fingerprint density at radius 2 is 1.67 bits per heavy atom. The topological polar surface area (TPSA) is 9.23 Å². The van der Waals surface area contributed by atoms with Crippen molar-refractivity contribution >= 4 is 21.6 Å². The van der Waals surface area contributed by atoms with Crippen LogP contribution in [0.3, 0.4) is 0 Å². The zero-order chi connectivity index (χ0) is 11.3. The second kappa shape index (κ2) is 5.68. The zero-order valence-electron chi connectivity index (χ0n) is 9.21. The number of allylic oxidation sites excluding steroid dienone is 2. The van der Waals surface area contributed by atoms with Gasteiger partial charge in [0, 0.05) is 0 Å². The SMILES string of the molecule is C=CCO[Si].CC1=C(C)c2ccccc21. The highest BCUT2D eigenvalue weighted by Gasteiger charge is 2.16. The van der Waals surface area contributed by atoms with Crippen LogP contribution >= 0.6 is 0 Å². The van der Waals surface area contributed by atoms with Crippen LogP contribution in [-0.4, -0.2) is 17.1 Å². The fraction of sp³-hybridized carbons (Fsp3) is 0.231. The summed E-state index contributed by atoms with van der Waals surface area (Å²) in [6.45, 7) is 8.32. The summed E-state index contributed by atoms with van der Waals surface area (Å²) in [4.78, 5) is 0. The fourth-order valence-corrected chi connectivity index (χ4v) is 1.66. The molecule has 1 aliphatic rings. The molecule has 0 bridgehead atoms. The molecule has 1 aromatic carbocycles. The predicted octanol–water partition coefficient (Wildman–Crippen LogP) is 3.22. The average Bonchev–Trinajstić information content (AvgIpc) is 2.30. The van der Waals surface area contributed by atoms with E-state index in [0.29, 0.717) is 6.61 Å². The molecule has 1 aromatic rings. The zero-order valence-corrected chi connectivity index (χ0v) is 10.2. The van der Waals surface area contributed by atoms with Crippen LogP contribution in [0.5, 0.6) is 0 Å². The van der Waals surface area contributed by atoms with Gasteiger partial charge in [-0.3, -0.25) is 0 Å².